The number of ether oxygens (including phenoxy) is 1. The van der Waals surface area contributed by atoms with Gasteiger partial charge >= 0.3 is 5.97 Å². The van der Waals surface area contributed by atoms with E-state index >= 15 is 0 Å². The number of aliphatic hydroxyl groups is 1. The Morgan fingerprint density at radius 1 is 1.63 bits per heavy atom. The molecule has 0 fully saturated rings. The largest absolute Gasteiger partial charge is 0.443 e. The number of nitroso groups, excluding NO2 is 1. The van der Waals surface area contributed by atoms with Crippen molar-refractivity contribution in [1.29, 1.82) is 0 Å². The Hall–Kier alpha value is -2.02. The molecule has 1 N–H and O–H groups in total. The van der Waals surface area contributed by atoms with Crippen LogP contribution in [-0.2, 0) is 9.53 Å². The maximum absolute atomic E-state index is 10.9. The number of hydrogen-bond donors (Lipinski definition) is 1. The minimum atomic E-state index is -0.485. The highest BCUT2D eigenvalue weighted by atomic mass is 16.5. The van der Waals surface area contributed by atoms with Gasteiger partial charge in [0.15, 0.2) is 6.73 Å². The van der Waals surface area contributed by atoms with E-state index in [4.69, 9.17) is 9.84 Å². The van der Waals surface area contributed by atoms with Crippen LogP contribution in [0, 0.1) is 4.91 Å². The fourth-order valence-corrected chi connectivity index (χ4v) is 1.67. The van der Waals surface area contributed by atoms with E-state index in [1.54, 1.807) is 24.5 Å². The van der Waals surface area contributed by atoms with E-state index in [-0.39, 0.29) is 19.4 Å². The molecule has 0 aliphatic rings. The number of aliphatic hydroxyl groups excluding tert-OH is 1. The molecule has 1 atom stereocenters. The van der Waals surface area contributed by atoms with Gasteiger partial charge in [0.25, 0.3) is 0 Å². The number of pyridine rings is 1. The van der Waals surface area contributed by atoms with E-state index in [0.29, 0.717) is 12.8 Å². The molecule has 0 aliphatic carbocycles. The molecule has 0 aromatic carbocycles. The summed E-state index contributed by atoms with van der Waals surface area (Å²) < 4.78 is 4.79. The molecule has 0 amide bonds. The molecule has 0 bridgehead atoms. The molecule has 0 saturated carbocycles. The minimum absolute atomic E-state index is 0.0109. The SMILES string of the molecule is CC(=O)OCN(N=O)C(CCCO)c1cccnc1. The van der Waals surface area contributed by atoms with Gasteiger partial charge in [-0.2, -0.15) is 0 Å². The number of aromatic nitrogens is 1. The first-order valence-corrected chi connectivity index (χ1v) is 5.93. The van der Waals surface area contributed by atoms with Gasteiger partial charge in [-0.05, 0) is 24.5 Å². The van der Waals surface area contributed by atoms with Gasteiger partial charge in [-0.1, -0.05) is 6.07 Å². The monoisotopic (exact) mass is 267 g/mol. The van der Waals surface area contributed by atoms with E-state index in [1.165, 1.54) is 6.92 Å². The van der Waals surface area contributed by atoms with Crippen LogP contribution in [0.1, 0.15) is 31.4 Å². The molecule has 7 nitrogen and oxygen atoms in total. The first-order valence-electron chi connectivity index (χ1n) is 5.93. The molecule has 0 aliphatic heterocycles. The van der Waals surface area contributed by atoms with Gasteiger partial charge in [0.05, 0.1) is 11.3 Å². The van der Waals surface area contributed by atoms with Crippen LogP contribution in [0.2, 0.25) is 0 Å². The topological polar surface area (TPSA) is 92.1 Å². The lowest BCUT2D eigenvalue weighted by atomic mass is 10.0. The molecule has 7 heteroatoms. The van der Waals surface area contributed by atoms with Crippen molar-refractivity contribution in [3.05, 3.63) is 35.0 Å². The highest BCUT2D eigenvalue weighted by Gasteiger charge is 2.21. The molecule has 104 valence electrons. The number of hydrogen-bond acceptors (Lipinski definition) is 6. The van der Waals surface area contributed by atoms with Crippen molar-refractivity contribution in [1.82, 2.24) is 9.99 Å². The molecule has 0 radical (unpaired) electrons. The standard InChI is InChI=1S/C12H17N3O4/c1-10(17)19-9-15(14-18)12(5-3-7-16)11-4-2-6-13-8-11/h2,4,6,8,12,16H,3,5,7,9H2,1H3. The average molecular weight is 267 g/mol. The lowest BCUT2D eigenvalue weighted by Crippen LogP contribution is -2.27. The zero-order chi connectivity index (χ0) is 14.1. The van der Waals surface area contributed by atoms with Crippen LogP contribution in [0.25, 0.3) is 0 Å². The van der Waals surface area contributed by atoms with Gasteiger partial charge in [-0.15, -0.1) is 4.91 Å². The molecule has 0 saturated heterocycles. The summed E-state index contributed by atoms with van der Waals surface area (Å²) in [5, 5.41) is 12.9. The van der Waals surface area contributed by atoms with Gasteiger partial charge in [-0.25, -0.2) is 5.01 Å². The summed E-state index contributed by atoms with van der Waals surface area (Å²) >= 11 is 0. The van der Waals surface area contributed by atoms with Crippen LogP contribution in [0.5, 0.6) is 0 Å². The van der Waals surface area contributed by atoms with Gasteiger partial charge in [0, 0.05) is 25.9 Å². The Bertz CT molecular complexity index is 399. The smallest absolute Gasteiger partial charge is 0.304 e. The van der Waals surface area contributed by atoms with Crippen molar-refractivity contribution < 1.29 is 14.6 Å². The fraction of sp³-hybridized carbons (Fsp3) is 0.500. The second-order valence-electron chi connectivity index (χ2n) is 3.95. The predicted molar refractivity (Wildman–Crippen MR) is 67.6 cm³/mol. The number of rotatable bonds is 8. The van der Waals surface area contributed by atoms with Crippen LogP contribution in [0.4, 0.5) is 0 Å². The van der Waals surface area contributed by atoms with E-state index in [2.05, 4.69) is 10.3 Å². The second-order valence-corrected chi connectivity index (χ2v) is 3.95. The Labute approximate surface area is 111 Å². The third-order valence-electron chi connectivity index (χ3n) is 2.57. The maximum atomic E-state index is 10.9. The fourth-order valence-electron chi connectivity index (χ4n) is 1.67. The number of esters is 1. The van der Waals surface area contributed by atoms with Crippen molar-refractivity contribution in [3.8, 4) is 0 Å². The van der Waals surface area contributed by atoms with Gasteiger partial charge in [-0.3, -0.25) is 9.78 Å². The summed E-state index contributed by atoms with van der Waals surface area (Å²) in [6, 6.07) is 3.18. The zero-order valence-corrected chi connectivity index (χ0v) is 10.7. The lowest BCUT2D eigenvalue weighted by molar-refractivity contribution is -0.147. The van der Waals surface area contributed by atoms with Crippen molar-refractivity contribution in [2.24, 2.45) is 5.29 Å². The molecule has 1 rings (SSSR count). The van der Waals surface area contributed by atoms with E-state index in [1.807, 2.05) is 0 Å². The van der Waals surface area contributed by atoms with Crippen molar-refractivity contribution in [3.63, 3.8) is 0 Å². The Kier molecular flexibility index (Phi) is 6.45. The summed E-state index contributed by atoms with van der Waals surface area (Å²) in [6.07, 6.45) is 4.26. The highest BCUT2D eigenvalue weighted by molar-refractivity contribution is 5.65. The van der Waals surface area contributed by atoms with Crippen molar-refractivity contribution >= 4 is 5.97 Å². The van der Waals surface area contributed by atoms with Gasteiger partial charge < -0.3 is 9.84 Å². The molecular weight excluding hydrogens is 250 g/mol. The first-order chi connectivity index (χ1) is 9.19. The number of carbonyl (C=O) groups excluding carboxylic acids is 1. The normalized spacial score (nSPS) is 11.7. The van der Waals surface area contributed by atoms with Crippen molar-refractivity contribution in [2.45, 2.75) is 25.8 Å². The summed E-state index contributed by atoms with van der Waals surface area (Å²) in [4.78, 5) is 25.7. The number of carbonyl (C=O) groups is 1. The third-order valence-corrected chi connectivity index (χ3v) is 2.57. The summed E-state index contributed by atoms with van der Waals surface area (Å²) in [7, 11) is 0. The quantitative estimate of drug-likeness (QED) is 0.331. The molecule has 19 heavy (non-hydrogen) atoms. The van der Waals surface area contributed by atoms with Crippen LogP contribution in [-0.4, -0.2) is 34.4 Å². The van der Waals surface area contributed by atoms with Crippen LogP contribution in [0.15, 0.2) is 29.8 Å². The Morgan fingerprint density at radius 3 is 2.95 bits per heavy atom. The minimum Gasteiger partial charge on any atom is -0.443 e. The van der Waals surface area contributed by atoms with Crippen LogP contribution < -0.4 is 0 Å². The summed E-state index contributed by atoms with van der Waals surface area (Å²) in [6.45, 7) is 1.05. The highest BCUT2D eigenvalue weighted by Crippen LogP contribution is 2.25. The van der Waals surface area contributed by atoms with E-state index in [9.17, 15) is 9.70 Å². The number of nitrogens with zero attached hydrogens (tertiary/aromatic N) is 3. The molecule has 0 spiro atoms. The molecular formula is C12H17N3O4. The summed E-state index contributed by atoms with van der Waals surface area (Å²) in [5.41, 5.74) is 0.780. The van der Waals surface area contributed by atoms with Crippen molar-refractivity contribution in [2.75, 3.05) is 13.3 Å². The first kappa shape index (κ1) is 15.0. The maximum Gasteiger partial charge on any atom is 0.304 e. The third kappa shape index (κ3) is 5.01. The molecule has 1 aromatic rings. The Balaban J connectivity index is 2.81. The van der Waals surface area contributed by atoms with Gasteiger partial charge in [0.1, 0.15) is 0 Å². The molecule has 1 aromatic heterocycles. The Morgan fingerprint density at radius 2 is 2.42 bits per heavy atom. The average Bonchev–Trinajstić information content (AvgIpc) is 2.43. The second kappa shape index (κ2) is 8.15. The van der Waals surface area contributed by atoms with E-state index < -0.39 is 5.97 Å². The molecule has 1 heterocycles. The summed E-state index contributed by atoms with van der Waals surface area (Å²) in [5.74, 6) is -0.485. The zero-order valence-electron chi connectivity index (χ0n) is 10.7. The van der Waals surface area contributed by atoms with Gasteiger partial charge in [0.2, 0.25) is 0 Å². The lowest BCUT2D eigenvalue weighted by Gasteiger charge is -2.25. The van der Waals surface area contributed by atoms with E-state index in [0.717, 1.165) is 10.6 Å². The van der Waals surface area contributed by atoms with Crippen LogP contribution in [0.3, 0.4) is 0 Å². The predicted octanol–water partition coefficient (Wildman–Crippen LogP) is 1.40. The molecule has 1 unspecified atom stereocenters. The van der Waals surface area contributed by atoms with Crippen LogP contribution >= 0.6 is 0 Å².